The molecule has 1 atom stereocenters. The predicted molar refractivity (Wildman–Crippen MR) is 96.8 cm³/mol. The van der Waals surface area contributed by atoms with Crippen molar-refractivity contribution in [3.63, 3.8) is 0 Å². The minimum absolute atomic E-state index is 0.0146. The quantitative estimate of drug-likeness (QED) is 0.771. The van der Waals surface area contributed by atoms with Crippen molar-refractivity contribution >= 4 is 16.6 Å². The van der Waals surface area contributed by atoms with Crippen LogP contribution in [0.3, 0.4) is 0 Å². The predicted octanol–water partition coefficient (Wildman–Crippen LogP) is 5.71. The van der Waals surface area contributed by atoms with Crippen molar-refractivity contribution in [3.8, 4) is 0 Å². The Kier molecular flexibility index (Phi) is 5.25. The molecule has 0 aromatic heterocycles. The minimum atomic E-state index is -0.0860. The first-order valence-electron chi connectivity index (χ1n) is 8.41. The molecule has 0 spiro atoms. The molecule has 0 aliphatic heterocycles. The van der Waals surface area contributed by atoms with Gasteiger partial charge in [-0.25, -0.2) is 0 Å². The van der Waals surface area contributed by atoms with E-state index in [-0.39, 0.29) is 17.0 Å². The first-order chi connectivity index (χ1) is 11.0. The monoisotopic (exact) mass is 310 g/mol. The van der Waals surface area contributed by atoms with E-state index in [0.29, 0.717) is 18.4 Å². The summed E-state index contributed by atoms with van der Waals surface area (Å²) < 4.78 is 0. The highest BCUT2D eigenvalue weighted by Gasteiger charge is 2.34. The van der Waals surface area contributed by atoms with Gasteiger partial charge in [0, 0.05) is 12.0 Å². The maximum Gasteiger partial charge on any atom is 0.159 e. The number of fused-ring (bicyclic) bond motifs is 1. The second kappa shape index (κ2) is 6.99. The Morgan fingerprint density at radius 2 is 1.74 bits per heavy atom. The molecule has 3 rings (SSSR count). The molecule has 0 saturated heterocycles. The normalized spacial score (nSPS) is 20.9. The molecule has 0 saturated carbocycles. The van der Waals surface area contributed by atoms with Gasteiger partial charge < -0.3 is 5.11 Å². The van der Waals surface area contributed by atoms with Crippen LogP contribution >= 0.6 is 0 Å². The molecule has 0 bridgehead atoms. The zero-order chi connectivity index (χ0) is 17.0. The van der Waals surface area contributed by atoms with Gasteiger partial charge in [-0.05, 0) is 41.5 Å². The summed E-state index contributed by atoms with van der Waals surface area (Å²) in [7, 11) is 0. The van der Waals surface area contributed by atoms with Gasteiger partial charge in [0.05, 0.1) is 5.76 Å². The molecule has 2 nitrogen and oxygen atoms in total. The largest absolute Gasteiger partial charge is 0.512 e. The fraction of sp³-hybridized carbons (Fsp3) is 0.381. The van der Waals surface area contributed by atoms with Gasteiger partial charge in [-0.1, -0.05) is 63.2 Å². The zero-order valence-electron chi connectivity index (χ0n) is 14.5. The van der Waals surface area contributed by atoms with Crippen LogP contribution in [0.15, 0.2) is 53.8 Å². The van der Waals surface area contributed by atoms with Crippen molar-refractivity contribution in [1.29, 1.82) is 0 Å². The molecular formula is C21H26O2. The standard InChI is InChI=1S/C19H20O2.C2H6/c1-13(20)17-12-19(2,10-9-18(17)21)16-8-7-14-5-3-4-6-15(14)11-16;1-2/h3-8,11,21H,9-10,12H2,1-2H3;1-2H3. The first-order valence-corrected chi connectivity index (χ1v) is 8.41. The number of aliphatic hydroxyl groups excluding tert-OH is 1. The van der Waals surface area contributed by atoms with Gasteiger partial charge in [-0.2, -0.15) is 0 Å². The average Bonchev–Trinajstić information content (AvgIpc) is 2.58. The van der Waals surface area contributed by atoms with Gasteiger partial charge >= 0.3 is 0 Å². The van der Waals surface area contributed by atoms with E-state index in [0.717, 1.165) is 6.42 Å². The van der Waals surface area contributed by atoms with Crippen molar-refractivity contribution < 1.29 is 9.90 Å². The Bertz CT molecular complexity index is 742. The summed E-state index contributed by atoms with van der Waals surface area (Å²) in [4.78, 5) is 11.7. The third-order valence-electron chi connectivity index (χ3n) is 4.70. The second-order valence-corrected chi connectivity index (χ2v) is 6.28. The molecule has 122 valence electrons. The van der Waals surface area contributed by atoms with E-state index in [2.05, 4.69) is 37.3 Å². The Morgan fingerprint density at radius 1 is 1.09 bits per heavy atom. The van der Waals surface area contributed by atoms with Crippen molar-refractivity contribution in [2.45, 2.75) is 52.4 Å². The van der Waals surface area contributed by atoms with Crippen molar-refractivity contribution in [2.24, 2.45) is 0 Å². The van der Waals surface area contributed by atoms with E-state index < -0.39 is 0 Å². The van der Waals surface area contributed by atoms with Crippen LogP contribution in [-0.2, 0) is 10.2 Å². The highest BCUT2D eigenvalue weighted by Crippen LogP contribution is 2.42. The van der Waals surface area contributed by atoms with Gasteiger partial charge in [0.1, 0.15) is 0 Å². The molecule has 1 N–H and O–H groups in total. The van der Waals surface area contributed by atoms with Crippen LogP contribution in [0.4, 0.5) is 0 Å². The number of carbonyl (C=O) groups excluding carboxylic acids is 1. The number of aliphatic hydroxyl groups is 1. The summed E-state index contributed by atoms with van der Waals surface area (Å²) in [5, 5.41) is 12.4. The maximum atomic E-state index is 11.7. The number of hydrogen-bond acceptors (Lipinski definition) is 2. The number of ketones is 1. The Labute approximate surface area is 138 Å². The van der Waals surface area contributed by atoms with E-state index in [1.54, 1.807) is 0 Å². The lowest BCUT2D eigenvalue weighted by atomic mass is 9.69. The number of rotatable bonds is 2. The zero-order valence-corrected chi connectivity index (χ0v) is 14.5. The van der Waals surface area contributed by atoms with Gasteiger partial charge in [-0.15, -0.1) is 0 Å². The Hall–Kier alpha value is -2.09. The molecule has 2 heteroatoms. The van der Waals surface area contributed by atoms with E-state index in [1.165, 1.54) is 23.3 Å². The fourth-order valence-corrected chi connectivity index (χ4v) is 3.26. The molecule has 2 aromatic rings. The molecule has 0 amide bonds. The average molecular weight is 310 g/mol. The van der Waals surface area contributed by atoms with Crippen molar-refractivity contribution in [3.05, 3.63) is 59.4 Å². The molecule has 0 radical (unpaired) electrons. The Balaban J connectivity index is 0.000000924. The summed E-state index contributed by atoms with van der Waals surface area (Å²) >= 11 is 0. The van der Waals surface area contributed by atoms with Crippen molar-refractivity contribution in [1.82, 2.24) is 0 Å². The summed E-state index contributed by atoms with van der Waals surface area (Å²) in [6.45, 7) is 7.73. The fourth-order valence-electron chi connectivity index (χ4n) is 3.26. The highest BCUT2D eigenvalue weighted by atomic mass is 16.3. The van der Waals surface area contributed by atoms with Gasteiger partial charge in [0.15, 0.2) is 5.78 Å². The summed E-state index contributed by atoms with van der Waals surface area (Å²) in [5.41, 5.74) is 1.75. The number of hydrogen-bond donors (Lipinski definition) is 1. The number of Topliss-reactive ketones (excluding diaryl/α,β-unsaturated/α-hetero) is 1. The lowest BCUT2D eigenvalue weighted by Gasteiger charge is -2.35. The number of benzene rings is 2. The molecule has 1 unspecified atom stereocenters. The van der Waals surface area contributed by atoms with Crippen molar-refractivity contribution in [2.75, 3.05) is 0 Å². The van der Waals surface area contributed by atoms with Crippen LogP contribution in [0.25, 0.3) is 10.8 Å². The number of carbonyl (C=O) groups is 1. The molecule has 2 aromatic carbocycles. The van der Waals surface area contributed by atoms with Gasteiger partial charge in [0.2, 0.25) is 0 Å². The SMILES string of the molecule is CC.CC(=O)C1=C(O)CCC(C)(c2ccc3ccccc3c2)C1. The van der Waals surface area contributed by atoms with Crippen LogP contribution in [0, 0.1) is 0 Å². The van der Waals surface area contributed by atoms with E-state index in [1.807, 2.05) is 26.0 Å². The van der Waals surface area contributed by atoms with Crippen LogP contribution in [-0.4, -0.2) is 10.9 Å². The van der Waals surface area contributed by atoms with Crippen LogP contribution in [0.5, 0.6) is 0 Å². The molecule has 0 fully saturated rings. The first kappa shape index (κ1) is 17.3. The van der Waals surface area contributed by atoms with Gasteiger partial charge in [-0.3, -0.25) is 4.79 Å². The smallest absolute Gasteiger partial charge is 0.159 e. The molecule has 23 heavy (non-hydrogen) atoms. The maximum absolute atomic E-state index is 11.7. The minimum Gasteiger partial charge on any atom is -0.512 e. The lowest BCUT2D eigenvalue weighted by Crippen LogP contribution is -2.28. The topological polar surface area (TPSA) is 37.3 Å². The third kappa shape index (κ3) is 3.47. The van der Waals surface area contributed by atoms with Gasteiger partial charge in [0.25, 0.3) is 0 Å². The van der Waals surface area contributed by atoms with Crippen LogP contribution < -0.4 is 0 Å². The van der Waals surface area contributed by atoms with Crippen LogP contribution in [0.1, 0.15) is 52.5 Å². The lowest BCUT2D eigenvalue weighted by molar-refractivity contribution is -0.114. The number of allylic oxidation sites excluding steroid dienone is 2. The van der Waals surface area contributed by atoms with Crippen LogP contribution in [0.2, 0.25) is 0 Å². The summed E-state index contributed by atoms with van der Waals surface area (Å²) in [5.74, 6) is 0.264. The molecule has 1 aliphatic carbocycles. The Morgan fingerprint density at radius 3 is 2.39 bits per heavy atom. The third-order valence-corrected chi connectivity index (χ3v) is 4.70. The highest BCUT2D eigenvalue weighted by molar-refractivity contribution is 5.94. The van der Waals surface area contributed by atoms with E-state index >= 15 is 0 Å². The van der Waals surface area contributed by atoms with E-state index in [4.69, 9.17) is 0 Å². The van der Waals surface area contributed by atoms with E-state index in [9.17, 15) is 9.90 Å². The second-order valence-electron chi connectivity index (χ2n) is 6.28. The molecule has 1 aliphatic rings. The summed E-state index contributed by atoms with van der Waals surface area (Å²) in [6.07, 6.45) is 2.07. The molecule has 0 heterocycles. The summed E-state index contributed by atoms with van der Waals surface area (Å²) in [6, 6.07) is 14.8. The molecular weight excluding hydrogens is 284 g/mol.